The molecule has 20 heavy (non-hydrogen) atoms. The first-order valence-electron chi connectivity index (χ1n) is 5.67. The van der Waals surface area contributed by atoms with Crippen molar-refractivity contribution in [2.75, 3.05) is 5.32 Å². The number of anilines is 1. The number of thiocarbonyl (C=S) groups is 1. The standard InChI is InChI=1S/C14H11FN2O2S/c15-9-4-5-12(18)11(7-9)14(19)17-10-3-1-2-8(6-10)13(16)20/h1-7,18H,(H2,16,20)(H,17,19). The van der Waals surface area contributed by atoms with Crippen LogP contribution in [0.15, 0.2) is 42.5 Å². The normalized spacial score (nSPS) is 10.1. The summed E-state index contributed by atoms with van der Waals surface area (Å²) in [6.45, 7) is 0. The first-order chi connectivity index (χ1) is 9.47. The van der Waals surface area contributed by atoms with Gasteiger partial charge in [-0.2, -0.15) is 0 Å². The molecule has 0 aromatic heterocycles. The van der Waals surface area contributed by atoms with Gasteiger partial charge in [-0.05, 0) is 30.3 Å². The van der Waals surface area contributed by atoms with Gasteiger partial charge in [0.1, 0.15) is 16.6 Å². The van der Waals surface area contributed by atoms with E-state index in [0.717, 1.165) is 18.2 Å². The van der Waals surface area contributed by atoms with E-state index in [2.05, 4.69) is 5.32 Å². The number of carbonyl (C=O) groups is 1. The zero-order valence-electron chi connectivity index (χ0n) is 10.3. The van der Waals surface area contributed by atoms with Gasteiger partial charge in [-0.25, -0.2) is 4.39 Å². The molecule has 0 spiro atoms. The summed E-state index contributed by atoms with van der Waals surface area (Å²) in [5, 5.41) is 12.1. The minimum absolute atomic E-state index is 0.147. The van der Waals surface area contributed by atoms with Crippen LogP contribution in [-0.2, 0) is 0 Å². The zero-order chi connectivity index (χ0) is 14.7. The van der Waals surface area contributed by atoms with E-state index in [-0.39, 0.29) is 16.3 Å². The maximum absolute atomic E-state index is 13.1. The van der Waals surface area contributed by atoms with Crippen LogP contribution in [0, 0.1) is 5.82 Å². The summed E-state index contributed by atoms with van der Waals surface area (Å²) in [6, 6.07) is 9.76. The summed E-state index contributed by atoms with van der Waals surface area (Å²) in [5.74, 6) is -1.53. The first kappa shape index (κ1) is 14.0. The molecule has 0 atom stereocenters. The number of halogens is 1. The molecule has 0 bridgehead atoms. The Balaban J connectivity index is 2.25. The van der Waals surface area contributed by atoms with Crippen molar-refractivity contribution in [3.63, 3.8) is 0 Å². The van der Waals surface area contributed by atoms with E-state index in [9.17, 15) is 14.3 Å². The lowest BCUT2D eigenvalue weighted by Crippen LogP contribution is -2.14. The Morgan fingerprint density at radius 3 is 2.70 bits per heavy atom. The number of nitrogens with two attached hydrogens (primary N) is 1. The second-order valence-corrected chi connectivity index (χ2v) is 4.50. The van der Waals surface area contributed by atoms with E-state index in [4.69, 9.17) is 18.0 Å². The fourth-order valence-corrected chi connectivity index (χ4v) is 1.77. The Labute approximate surface area is 120 Å². The van der Waals surface area contributed by atoms with Crippen LogP contribution >= 0.6 is 12.2 Å². The van der Waals surface area contributed by atoms with E-state index < -0.39 is 11.7 Å². The second kappa shape index (κ2) is 5.66. The Hall–Kier alpha value is -2.47. The molecule has 1 amide bonds. The summed E-state index contributed by atoms with van der Waals surface area (Å²) in [6.07, 6.45) is 0. The topological polar surface area (TPSA) is 75.3 Å². The van der Waals surface area contributed by atoms with E-state index in [1.165, 1.54) is 0 Å². The smallest absolute Gasteiger partial charge is 0.259 e. The van der Waals surface area contributed by atoms with Crippen LogP contribution in [-0.4, -0.2) is 16.0 Å². The van der Waals surface area contributed by atoms with Crippen LogP contribution in [0.2, 0.25) is 0 Å². The van der Waals surface area contributed by atoms with Gasteiger partial charge < -0.3 is 16.2 Å². The molecule has 0 fully saturated rings. The number of rotatable bonds is 3. The molecule has 0 heterocycles. The molecule has 0 aliphatic heterocycles. The molecular weight excluding hydrogens is 279 g/mol. The minimum atomic E-state index is -0.623. The minimum Gasteiger partial charge on any atom is -0.507 e. The number of carbonyl (C=O) groups excluding carboxylic acids is 1. The first-order valence-corrected chi connectivity index (χ1v) is 6.08. The Bertz CT molecular complexity index is 689. The van der Waals surface area contributed by atoms with Crippen molar-refractivity contribution in [3.8, 4) is 5.75 Å². The number of amides is 1. The third-order valence-corrected chi connectivity index (χ3v) is 2.84. The molecular formula is C14H11FN2O2S. The van der Waals surface area contributed by atoms with Gasteiger partial charge >= 0.3 is 0 Å². The van der Waals surface area contributed by atoms with Crippen molar-refractivity contribution in [2.45, 2.75) is 0 Å². The molecule has 0 unspecified atom stereocenters. The fraction of sp³-hybridized carbons (Fsp3) is 0. The number of hydrogen-bond acceptors (Lipinski definition) is 3. The van der Waals surface area contributed by atoms with Crippen molar-refractivity contribution in [1.82, 2.24) is 0 Å². The molecule has 0 aliphatic carbocycles. The van der Waals surface area contributed by atoms with Gasteiger partial charge in [0.15, 0.2) is 0 Å². The van der Waals surface area contributed by atoms with Crippen LogP contribution < -0.4 is 11.1 Å². The van der Waals surface area contributed by atoms with Gasteiger partial charge in [0.2, 0.25) is 0 Å². The average Bonchev–Trinajstić information content (AvgIpc) is 2.41. The van der Waals surface area contributed by atoms with E-state index in [1.807, 2.05) is 0 Å². The summed E-state index contributed by atoms with van der Waals surface area (Å²) >= 11 is 4.84. The molecule has 6 heteroatoms. The predicted molar refractivity (Wildman–Crippen MR) is 78.3 cm³/mol. The maximum atomic E-state index is 13.1. The molecule has 4 nitrogen and oxygen atoms in total. The third kappa shape index (κ3) is 3.10. The van der Waals surface area contributed by atoms with Crippen molar-refractivity contribution in [1.29, 1.82) is 0 Å². The molecule has 102 valence electrons. The third-order valence-electron chi connectivity index (χ3n) is 2.61. The maximum Gasteiger partial charge on any atom is 0.259 e. The highest BCUT2D eigenvalue weighted by molar-refractivity contribution is 7.80. The summed E-state index contributed by atoms with van der Waals surface area (Å²) in [7, 11) is 0. The highest BCUT2D eigenvalue weighted by atomic mass is 32.1. The van der Waals surface area contributed by atoms with Gasteiger partial charge in [0, 0.05) is 11.3 Å². The van der Waals surface area contributed by atoms with Crippen molar-refractivity contribution in [2.24, 2.45) is 5.73 Å². The Kier molecular flexibility index (Phi) is 3.95. The summed E-state index contributed by atoms with van der Waals surface area (Å²) in [4.78, 5) is 12.2. The van der Waals surface area contributed by atoms with Crippen LogP contribution in [0.4, 0.5) is 10.1 Å². The quantitative estimate of drug-likeness (QED) is 0.759. The second-order valence-electron chi connectivity index (χ2n) is 4.06. The lowest BCUT2D eigenvalue weighted by molar-refractivity contribution is 0.102. The summed E-state index contributed by atoms with van der Waals surface area (Å²) < 4.78 is 13.1. The van der Waals surface area contributed by atoms with Crippen molar-refractivity contribution >= 4 is 28.8 Å². The Morgan fingerprint density at radius 2 is 2.00 bits per heavy atom. The fourth-order valence-electron chi connectivity index (χ4n) is 1.64. The zero-order valence-corrected chi connectivity index (χ0v) is 11.1. The van der Waals surface area contributed by atoms with Crippen LogP contribution in [0.25, 0.3) is 0 Å². The predicted octanol–water partition coefficient (Wildman–Crippen LogP) is 2.42. The highest BCUT2D eigenvalue weighted by Crippen LogP contribution is 2.20. The van der Waals surface area contributed by atoms with E-state index in [0.29, 0.717) is 11.3 Å². The largest absolute Gasteiger partial charge is 0.507 e. The van der Waals surface area contributed by atoms with E-state index in [1.54, 1.807) is 24.3 Å². The number of benzene rings is 2. The molecule has 2 aromatic rings. The van der Waals surface area contributed by atoms with Gasteiger partial charge in [-0.1, -0.05) is 24.4 Å². The van der Waals surface area contributed by atoms with Gasteiger partial charge in [0.05, 0.1) is 5.56 Å². The lowest BCUT2D eigenvalue weighted by Gasteiger charge is -2.08. The summed E-state index contributed by atoms with van der Waals surface area (Å²) in [5.41, 5.74) is 6.40. The van der Waals surface area contributed by atoms with Crippen LogP contribution in [0.3, 0.4) is 0 Å². The highest BCUT2D eigenvalue weighted by Gasteiger charge is 2.12. The number of hydrogen-bond donors (Lipinski definition) is 3. The number of phenolic OH excluding ortho intramolecular Hbond substituents is 1. The van der Waals surface area contributed by atoms with Crippen LogP contribution in [0.1, 0.15) is 15.9 Å². The Morgan fingerprint density at radius 1 is 1.25 bits per heavy atom. The SMILES string of the molecule is NC(=S)c1cccc(NC(=O)c2cc(F)ccc2O)c1. The number of aromatic hydroxyl groups is 1. The monoisotopic (exact) mass is 290 g/mol. The molecule has 2 aromatic carbocycles. The number of nitrogens with one attached hydrogen (secondary N) is 1. The molecule has 0 radical (unpaired) electrons. The lowest BCUT2D eigenvalue weighted by atomic mass is 10.1. The van der Waals surface area contributed by atoms with E-state index >= 15 is 0 Å². The van der Waals surface area contributed by atoms with Gasteiger partial charge in [-0.3, -0.25) is 4.79 Å². The van der Waals surface area contributed by atoms with Crippen molar-refractivity contribution < 1.29 is 14.3 Å². The molecule has 2 rings (SSSR count). The molecule has 0 saturated heterocycles. The number of phenols is 1. The van der Waals surface area contributed by atoms with Gasteiger partial charge in [-0.15, -0.1) is 0 Å². The van der Waals surface area contributed by atoms with Crippen molar-refractivity contribution in [3.05, 3.63) is 59.4 Å². The average molecular weight is 290 g/mol. The molecule has 0 saturated carbocycles. The molecule has 4 N–H and O–H groups in total. The van der Waals surface area contributed by atoms with Crippen LogP contribution in [0.5, 0.6) is 5.75 Å². The van der Waals surface area contributed by atoms with Gasteiger partial charge in [0.25, 0.3) is 5.91 Å². The molecule has 0 aliphatic rings.